The molecule has 4 nitrogen and oxygen atoms in total. The van der Waals surface area contributed by atoms with Crippen LogP contribution in [-0.4, -0.2) is 17.4 Å². The topological polar surface area (TPSA) is 54.0 Å². The maximum atomic E-state index is 11.9. The summed E-state index contributed by atoms with van der Waals surface area (Å²) >= 11 is 1.56. The summed E-state index contributed by atoms with van der Waals surface area (Å²) in [5.74, 6) is -0.0716. The smallest absolute Gasteiger partial charge is 0.243 e. The molecular weight excluding hydrogens is 270 g/mol. The fraction of sp³-hybridized carbons (Fsp3) is 0.0667. The second-order valence-electron chi connectivity index (χ2n) is 4.30. The number of fused-ring (bicyclic) bond motifs is 1. The highest BCUT2D eigenvalue weighted by Crippen LogP contribution is 2.21. The van der Waals surface area contributed by atoms with E-state index in [1.165, 1.54) is 0 Å². The van der Waals surface area contributed by atoms with E-state index in [4.69, 9.17) is 0 Å². The van der Waals surface area contributed by atoms with Crippen molar-refractivity contribution in [2.24, 2.45) is 0 Å². The first kappa shape index (κ1) is 12.6. The van der Waals surface area contributed by atoms with Crippen molar-refractivity contribution in [1.29, 1.82) is 0 Å². The number of hydrogen-bond acceptors (Lipinski definition) is 4. The van der Waals surface area contributed by atoms with Gasteiger partial charge in [0.1, 0.15) is 0 Å². The first-order valence-electron chi connectivity index (χ1n) is 6.23. The molecule has 3 rings (SSSR count). The van der Waals surface area contributed by atoms with Gasteiger partial charge < -0.3 is 10.6 Å². The van der Waals surface area contributed by atoms with Crippen molar-refractivity contribution in [3.05, 3.63) is 54.0 Å². The summed E-state index contributed by atoms with van der Waals surface area (Å²) in [7, 11) is 0. The summed E-state index contributed by atoms with van der Waals surface area (Å²) < 4.78 is 1.07. The summed E-state index contributed by atoms with van der Waals surface area (Å²) in [4.78, 5) is 16.1. The van der Waals surface area contributed by atoms with Crippen LogP contribution in [-0.2, 0) is 4.79 Å². The molecule has 0 unspecified atom stereocenters. The molecule has 3 aromatic rings. The highest BCUT2D eigenvalue weighted by Gasteiger charge is 2.04. The van der Waals surface area contributed by atoms with Crippen LogP contribution < -0.4 is 10.6 Å². The molecule has 0 fully saturated rings. The Bertz CT molecular complexity index is 724. The van der Waals surface area contributed by atoms with Crippen LogP contribution in [0.3, 0.4) is 0 Å². The number of aromatic nitrogens is 1. The van der Waals surface area contributed by atoms with Gasteiger partial charge in [0.15, 0.2) is 0 Å². The van der Waals surface area contributed by atoms with Crippen molar-refractivity contribution in [1.82, 2.24) is 4.98 Å². The average Bonchev–Trinajstić information content (AvgIpc) is 2.94. The Morgan fingerprint density at radius 2 is 1.95 bits per heavy atom. The fourth-order valence-electron chi connectivity index (χ4n) is 1.88. The van der Waals surface area contributed by atoms with Crippen LogP contribution in [0.15, 0.2) is 54.0 Å². The van der Waals surface area contributed by atoms with E-state index in [1.54, 1.807) is 16.8 Å². The lowest BCUT2D eigenvalue weighted by Crippen LogP contribution is -2.21. The van der Waals surface area contributed by atoms with Crippen LogP contribution in [0.1, 0.15) is 0 Å². The maximum absolute atomic E-state index is 11.9. The molecule has 0 saturated carbocycles. The molecule has 5 heteroatoms. The van der Waals surface area contributed by atoms with E-state index in [2.05, 4.69) is 15.6 Å². The second-order valence-corrected chi connectivity index (χ2v) is 5.19. The van der Waals surface area contributed by atoms with Gasteiger partial charge in [0.2, 0.25) is 5.91 Å². The molecule has 1 amide bonds. The van der Waals surface area contributed by atoms with E-state index in [1.807, 2.05) is 48.5 Å². The van der Waals surface area contributed by atoms with E-state index in [0.717, 1.165) is 21.6 Å². The van der Waals surface area contributed by atoms with Gasteiger partial charge in [0.05, 0.1) is 22.3 Å². The molecule has 2 aromatic carbocycles. The number of rotatable bonds is 4. The Balaban J connectivity index is 1.61. The Labute approximate surface area is 120 Å². The molecule has 1 heterocycles. The summed E-state index contributed by atoms with van der Waals surface area (Å²) in [5.41, 5.74) is 4.48. The molecule has 0 bridgehead atoms. The lowest BCUT2D eigenvalue weighted by atomic mass is 10.3. The van der Waals surface area contributed by atoms with Gasteiger partial charge in [-0.05, 0) is 30.3 Å². The lowest BCUT2D eigenvalue weighted by Gasteiger charge is -2.07. The molecule has 0 atom stereocenters. The molecule has 0 aliphatic heterocycles. The first-order valence-corrected chi connectivity index (χ1v) is 7.11. The van der Waals surface area contributed by atoms with Crippen LogP contribution in [0.2, 0.25) is 0 Å². The van der Waals surface area contributed by atoms with Crippen LogP contribution in [0.25, 0.3) is 10.2 Å². The average molecular weight is 283 g/mol. The third-order valence-electron chi connectivity index (χ3n) is 2.84. The Morgan fingerprint density at radius 3 is 2.80 bits per heavy atom. The zero-order valence-corrected chi connectivity index (χ0v) is 11.5. The molecular formula is C15H13N3OS. The van der Waals surface area contributed by atoms with Crippen molar-refractivity contribution >= 4 is 38.8 Å². The normalized spacial score (nSPS) is 10.4. The molecule has 0 aliphatic carbocycles. The van der Waals surface area contributed by atoms with E-state index in [0.29, 0.717) is 0 Å². The van der Waals surface area contributed by atoms with E-state index in [-0.39, 0.29) is 12.5 Å². The van der Waals surface area contributed by atoms with E-state index >= 15 is 0 Å². The number of amides is 1. The quantitative estimate of drug-likeness (QED) is 0.772. The maximum Gasteiger partial charge on any atom is 0.243 e. The van der Waals surface area contributed by atoms with Crippen LogP contribution in [0.4, 0.5) is 11.4 Å². The predicted molar refractivity (Wildman–Crippen MR) is 83.2 cm³/mol. The second kappa shape index (κ2) is 5.71. The van der Waals surface area contributed by atoms with Gasteiger partial charge >= 0.3 is 0 Å². The number of nitrogens with one attached hydrogen (secondary N) is 2. The van der Waals surface area contributed by atoms with Crippen molar-refractivity contribution in [2.45, 2.75) is 0 Å². The summed E-state index contributed by atoms with van der Waals surface area (Å²) in [6.07, 6.45) is 0. The van der Waals surface area contributed by atoms with Gasteiger partial charge in [0.25, 0.3) is 0 Å². The number of carbonyl (C=O) groups excluding carboxylic acids is 1. The van der Waals surface area contributed by atoms with Crippen molar-refractivity contribution < 1.29 is 4.79 Å². The zero-order chi connectivity index (χ0) is 13.8. The SMILES string of the molecule is O=C(CNc1ccccc1)Nc1ccc2ncsc2c1. The Kier molecular flexibility index (Phi) is 3.60. The molecule has 20 heavy (non-hydrogen) atoms. The number of anilines is 2. The van der Waals surface area contributed by atoms with Crippen molar-refractivity contribution in [3.63, 3.8) is 0 Å². The van der Waals surface area contributed by atoms with Gasteiger partial charge in [-0.2, -0.15) is 0 Å². The van der Waals surface area contributed by atoms with Gasteiger partial charge in [-0.3, -0.25) is 4.79 Å². The number of benzene rings is 2. The largest absolute Gasteiger partial charge is 0.376 e. The summed E-state index contributed by atoms with van der Waals surface area (Å²) in [5, 5.41) is 5.95. The number of nitrogens with zero attached hydrogens (tertiary/aromatic N) is 1. The van der Waals surface area contributed by atoms with Crippen LogP contribution >= 0.6 is 11.3 Å². The molecule has 0 saturated heterocycles. The van der Waals surface area contributed by atoms with Gasteiger partial charge in [-0.15, -0.1) is 11.3 Å². The molecule has 2 N–H and O–H groups in total. The van der Waals surface area contributed by atoms with Gasteiger partial charge in [-0.1, -0.05) is 18.2 Å². The molecule has 0 radical (unpaired) electrons. The number of para-hydroxylation sites is 1. The Morgan fingerprint density at radius 1 is 1.10 bits per heavy atom. The lowest BCUT2D eigenvalue weighted by molar-refractivity contribution is -0.114. The minimum atomic E-state index is -0.0716. The Hall–Kier alpha value is -2.40. The molecule has 100 valence electrons. The zero-order valence-electron chi connectivity index (χ0n) is 10.7. The monoisotopic (exact) mass is 283 g/mol. The molecule has 0 spiro atoms. The predicted octanol–water partition coefficient (Wildman–Crippen LogP) is 3.35. The van der Waals surface area contributed by atoms with E-state index in [9.17, 15) is 4.79 Å². The number of carbonyl (C=O) groups is 1. The third-order valence-corrected chi connectivity index (χ3v) is 3.63. The van der Waals surface area contributed by atoms with Crippen molar-refractivity contribution in [2.75, 3.05) is 17.2 Å². The first-order chi connectivity index (χ1) is 9.81. The summed E-state index contributed by atoms with van der Waals surface area (Å²) in [6, 6.07) is 15.4. The molecule has 0 aliphatic rings. The summed E-state index contributed by atoms with van der Waals surface area (Å²) in [6.45, 7) is 0.241. The van der Waals surface area contributed by atoms with Gasteiger partial charge in [0, 0.05) is 11.4 Å². The third kappa shape index (κ3) is 2.95. The molecule has 1 aromatic heterocycles. The van der Waals surface area contributed by atoms with Gasteiger partial charge in [-0.25, -0.2) is 4.98 Å². The number of thiazole rings is 1. The minimum Gasteiger partial charge on any atom is -0.376 e. The standard InChI is InChI=1S/C15H13N3OS/c19-15(9-16-11-4-2-1-3-5-11)18-12-6-7-13-14(8-12)20-10-17-13/h1-8,10,16H,9H2,(H,18,19). The van der Waals surface area contributed by atoms with Crippen molar-refractivity contribution in [3.8, 4) is 0 Å². The highest BCUT2D eigenvalue weighted by molar-refractivity contribution is 7.16. The van der Waals surface area contributed by atoms with E-state index < -0.39 is 0 Å². The van der Waals surface area contributed by atoms with Crippen LogP contribution in [0.5, 0.6) is 0 Å². The minimum absolute atomic E-state index is 0.0716. The highest BCUT2D eigenvalue weighted by atomic mass is 32.1. The number of hydrogen-bond donors (Lipinski definition) is 2. The fourth-order valence-corrected chi connectivity index (χ4v) is 2.59. The van der Waals surface area contributed by atoms with Crippen LogP contribution in [0, 0.1) is 0 Å².